The Morgan fingerprint density at radius 1 is 1.12 bits per heavy atom. The highest BCUT2D eigenvalue weighted by Crippen LogP contribution is 1.98. The Bertz CT molecular complexity index is 671. The first-order chi connectivity index (χ1) is 11.7. The Labute approximate surface area is 165 Å². The van der Waals surface area contributed by atoms with Crippen molar-refractivity contribution in [2.24, 2.45) is 12.0 Å². The molecule has 3 N–H and O–H groups in total. The monoisotopic (exact) mass is 456 g/mol. The molecule has 0 bridgehead atoms. The number of carbonyl (C=O) groups excluding carboxylic acids is 1. The minimum absolute atomic E-state index is 0. The molecule has 1 aromatic heterocycles. The molecule has 1 heterocycles. The number of aliphatic imine (C=N–C) groups is 1. The van der Waals surface area contributed by atoms with Crippen LogP contribution in [0, 0.1) is 0 Å². The lowest BCUT2D eigenvalue weighted by Crippen LogP contribution is -2.41. The number of aromatic nitrogens is 2. The number of nitrogens with zero attached hydrogens (tertiary/aromatic N) is 3. The van der Waals surface area contributed by atoms with Gasteiger partial charge >= 0.3 is 0 Å². The summed E-state index contributed by atoms with van der Waals surface area (Å²) in [5, 5.41) is 13.4. The number of nitrogens with one attached hydrogen (secondary N) is 3. The van der Waals surface area contributed by atoms with Crippen molar-refractivity contribution < 1.29 is 4.79 Å². The van der Waals surface area contributed by atoms with Crippen molar-refractivity contribution in [3.05, 3.63) is 53.9 Å². The third-order valence-corrected chi connectivity index (χ3v) is 3.40. The summed E-state index contributed by atoms with van der Waals surface area (Å²) in [6.07, 6.45) is 1.75. The molecule has 0 aliphatic heterocycles. The van der Waals surface area contributed by atoms with Crippen molar-refractivity contribution in [1.82, 2.24) is 25.7 Å². The Kier molecular flexibility index (Phi) is 9.60. The van der Waals surface area contributed by atoms with Crippen molar-refractivity contribution in [2.75, 3.05) is 19.6 Å². The number of hydrogen-bond donors (Lipinski definition) is 3. The summed E-state index contributed by atoms with van der Waals surface area (Å²) in [5.41, 5.74) is 1.69. The second kappa shape index (κ2) is 11.5. The van der Waals surface area contributed by atoms with Crippen molar-refractivity contribution in [2.45, 2.75) is 13.5 Å². The van der Waals surface area contributed by atoms with Crippen LogP contribution in [0.2, 0.25) is 0 Å². The normalized spacial score (nSPS) is 10.7. The highest BCUT2D eigenvalue weighted by Gasteiger charge is 2.04. The predicted octanol–water partition coefficient (Wildman–Crippen LogP) is 1.52. The fraction of sp³-hybridized carbons (Fsp3) is 0.353. The summed E-state index contributed by atoms with van der Waals surface area (Å²) in [6, 6.07) is 11.1. The molecule has 0 unspecified atom stereocenters. The van der Waals surface area contributed by atoms with E-state index in [1.807, 2.05) is 38.2 Å². The third kappa shape index (κ3) is 7.12. The molecule has 0 saturated heterocycles. The SMILES string of the molecule is CCNC(=NCc1ccnn1C)NCCNC(=O)c1ccccc1.I. The molecule has 0 radical (unpaired) electrons. The van der Waals surface area contributed by atoms with E-state index in [1.54, 1.807) is 23.0 Å². The molecule has 7 nitrogen and oxygen atoms in total. The molecule has 0 fully saturated rings. The molecule has 1 aromatic carbocycles. The van der Waals surface area contributed by atoms with Crippen LogP contribution in [-0.4, -0.2) is 41.3 Å². The van der Waals surface area contributed by atoms with Crippen LogP contribution in [0.3, 0.4) is 0 Å². The van der Waals surface area contributed by atoms with Crippen LogP contribution in [0.15, 0.2) is 47.6 Å². The number of halogens is 1. The quantitative estimate of drug-likeness (QED) is 0.256. The van der Waals surface area contributed by atoms with Crippen LogP contribution in [0.5, 0.6) is 0 Å². The Hall–Kier alpha value is -2.10. The molecular weight excluding hydrogens is 431 g/mol. The number of benzene rings is 1. The summed E-state index contributed by atoms with van der Waals surface area (Å²) in [5.74, 6) is 0.641. The van der Waals surface area contributed by atoms with Gasteiger partial charge in [0.2, 0.25) is 0 Å². The largest absolute Gasteiger partial charge is 0.357 e. The lowest BCUT2D eigenvalue weighted by atomic mass is 10.2. The zero-order valence-electron chi connectivity index (χ0n) is 14.5. The molecule has 8 heteroatoms. The van der Waals surface area contributed by atoms with Gasteiger partial charge in [-0.2, -0.15) is 5.10 Å². The maximum Gasteiger partial charge on any atom is 0.251 e. The van der Waals surface area contributed by atoms with Crippen LogP contribution < -0.4 is 16.0 Å². The first-order valence-corrected chi connectivity index (χ1v) is 8.03. The van der Waals surface area contributed by atoms with E-state index in [1.165, 1.54) is 0 Å². The lowest BCUT2D eigenvalue weighted by molar-refractivity contribution is 0.0954. The van der Waals surface area contributed by atoms with Gasteiger partial charge < -0.3 is 16.0 Å². The Morgan fingerprint density at radius 3 is 2.48 bits per heavy atom. The van der Waals surface area contributed by atoms with Crippen molar-refractivity contribution in [3.63, 3.8) is 0 Å². The van der Waals surface area contributed by atoms with Gasteiger partial charge in [0.1, 0.15) is 0 Å². The van der Waals surface area contributed by atoms with E-state index in [0.29, 0.717) is 31.2 Å². The summed E-state index contributed by atoms with van der Waals surface area (Å²) >= 11 is 0. The first-order valence-electron chi connectivity index (χ1n) is 8.03. The predicted molar refractivity (Wildman–Crippen MR) is 110 cm³/mol. The molecule has 0 atom stereocenters. The number of carbonyl (C=O) groups is 1. The number of aryl methyl sites for hydroxylation is 1. The molecule has 0 aliphatic rings. The van der Waals surface area contributed by atoms with E-state index in [9.17, 15) is 4.79 Å². The zero-order valence-corrected chi connectivity index (χ0v) is 16.9. The van der Waals surface area contributed by atoms with Gasteiger partial charge in [0.05, 0.1) is 12.2 Å². The third-order valence-electron chi connectivity index (χ3n) is 3.40. The van der Waals surface area contributed by atoms with Crippen molar-refractivity contribution in [3.8, 4) is 0 Å². The number of hydrogen-bond acceptors (Lipinski definition) is 3. The van der Waals surface area contributed by atoms with E-state index >= 15 is 0 Å². The summed E-state index contributed by atoms with van der Waals surface area (Å²) < 4.78 is 1.80. The van der Waals surface area contributed by atoms with Crippen molar-refractivity contribution >= 4 is 35.8 Å². The van der Waals surface area contributed by atoms with Gasteiger partial charge in [0.15, 0.2) is 5.96 Å². The van der Waals surface area contributed by atoms with E-state index in [4.69, 9.17) is 0 Å². The van der Waals surface area contributed by atoms with Gasteiger partial charge in [0.25, 0.3) is 5.91 Å². The average molecular weight is 456 g/mol. The summed E-state index contributed by atoms with van der Waals surface area (Å²) in [4.78, 5) is 16.5. The molecule has 0 aliphatic carbocycles. The second-order valence-electron chi connectivity index (χ2n) is 5.19. The van der Waals surface area contributed by atoms with Gasteiger partial charge in [-0.3, -0.25) is 9.48 Å². The van der Waals surface area contributed by atoms with Gasteiger partial charge in [-0.25, -0.2) is 4.99 Å². The zero-order chi connectivity index (χ0) is 17.2. The number of amides is 1. The van der Waals surface area contributed by atoms with E-state index < -0.39 is 0 Å². The molecule has 2 rings (SSSR count). The fourth-order valence-corrected chi connectivity index (χ4v) is 2.11. The highest BCUT2D eigenvalue weighted by molar-refractivity contribution is 14.0. The first kappa shape index (κ1) is 20.9. The smallest absolute Gasteiger partial charge is 0.251 e. The molecule has 2 aromatic rings. The Balaban J connectivity index is 0.00000312. The van der Waals surface area contributed by atoms with E-state index in [0.717, 1.165) is 12.2 Å². The van der Waals surface area contributed by atoms with Gasteiger partial charge in [-0.05, 0) is 25.1 Å². The van der Waals surface area contributed by atoms with Crippen molar-refractivity contribution in [1.29, 1.82) is 0 Å². The van der Waals surface area contributed by atoms with Gasteiger partial charge in [-0.1, -0.05) is 18.2 Å². The highest BCUT2D eigenvalue weighted by atomic mass is 127. The maximum absolute atomic E-state index is 11.9. The van der Waals surface area contributed by atoms with Crippen LogP contribution in [0.1, 0.15) is 23.0 Å². The van der Waals surface area contributed by atoms with Crippen LogP contribution in [-0.2, 0) is 13.6 Å². The fourth-order valence-electron chi connectivity index (χ4n) is 2.11. The minimum Gasteiger partial charge on any atom is -0.357 e. The van der Waals surface area contributed by atoms with Crippen LogP contribution >= 0.6 is 24.0 Å². The molecule has 25 heavy (non-hydrogen) atoms. The molecule has 0 saturated carbocycles. The van der Waals surface area contributed by atoms with Crippen LogP contribution in [0.4, 0.5) is 0 Å². The molecule has 136 valence electrons. The average Bonchev–Trinajstić information content (AvgIpc) is 3.02. The number of rotatable bonds is 7. The second-order valence-corrected chi connectivity index (χ2v) is 5.19. The standard InChI is InChI=1S/C17H24N6O.HI/c1-3-18-17(21-13-15-9-10-22-23(15)2)20-12-11-19-16(24)14-7-5-4-6-8-14;/h4-10H,3,11-13H2,1-2H3,(H,19,24)(H2,18,20,21);1H. The minimum atomic E-state index is -0.0748. The van der Waals surface area contributed by atoms with E-state index in [2.05, 4.69) is 26.0 Å². The Morgan fingerprint density at radius 2 is 1.84 bits per heavy atom. The van der Waals surface area contributed by atoms with Gasteiger partial charge in [0, 0.05) is 38.4 Å². The van der Waals surface area contributed by atoms with E-state index in [-0.39, 0.29) is 29.9 Å². The van der Waals surface area contributed by atoms with Crippen LogP contribution in [0.25, 0.3) is 0 Å². The number of guanidine groups is 1. The molecular formula is C17H25IN6O. The summed E-state index contributed by atoms with van der Waals surface area (Å²) in [7, 11) is 1.89. The summed E-state index contributed by atoms with van der Waals surface area (Å²) in [6.45, 7) is 4.44. The molecule has 0 spiro atoms. The lowest BCUT2D eigenvalue weighted by Gasteiger charge is -2.12. The molecule has 1 amide bonds. The topological polar surface area (TPSA) is 83.3 Å². The van der Waals surface area contributed by atoms with Gasteiger partial charge in [-0.15, -0.1) is 24.0 Å². The maximum atomic E-state index is 11.9.